The second-order valence-corrected chi connectivity index (χ2v) is 12.7. The SMILES string of the molecule is CC(=N)N1CCC(S(=O)(=O)Nc2ccc3nc(C(C)C)n(Cc4ccc5ccc(/C(N)=N\O)cc5c4)c3c2)CC1. The third-order valence-corrected chi connectivity index (χ3v) is 9.43. The Bertz CT molecular complexity index is 1720. The number of benzene rings is 3. The summed E-state index contributed by atoms with van der Waals surface area (Å²) >= 11 is 0. The Kier molecular flexibility index (Phi) is 7.41. The summed E-state index contributed by atoms with van der Waals surface area (Å²) in [6.07, 6.45) is 0.978. The topological polar surface area (TPSA) is 150 Å². The van der Waals surface area contributed by atoms with Gasteiger partial charge in [-0.05, 0) is 66.4 Å². The van der Waals surface area contributed by atoms with Crippen LogP contribution in [-0.2, 0) is 16.6 Å². The van der Waals surface area contributed by atoms with Crippen molar-refractivity contribution in [3.63, 3.8) is 0 Å². The summed E-state index contributed by atoms with van der Waals surface area (Å²) < 4.78 is 31.4. The molecule has 3 aromatic carbocycles. The molecular formula is C29H35N7O3S. The predicted molar refractivity (Wildman–Crippen MR) is 160 cm³/mol. The molecule has 0 saturated carbocycles. The minimum absolute atomic E-state index is 0.0559. The lowest BCUT2D eigenvalue weighted by molar-refractivity contribution is 0.318. The molecule has 4 aromatic rings. The summed E-state index contributed by atoms with van der Waals surface area (Å²) in [5, 5.41) is 21.5. The highest BCUT2D eigenvalue weighted by Crippen LogP contribution is 2.28. The fraction of sp³-hybridized carbons (Fsp3) is 0.345. The average Bonchev–Trinajstić information content (AvgIpc) is 3.29. The van der Waals surface area contributed by atoms with Crippen LogP contribution in [0.25, 0.3) is 21.8 Å². The number of nitrogens with zero attached hydrogens (tertiary/aromatic N) is 4. The molecule has 1 aliphatic rings. The molecule has 1 saturated heterocycles. The van der Waals surface area contributed by atoms with Crippen molar-refractivity contribution in [1.82, 2.24) is 14.5 Å². The van der Waals surface area contributed by atoms with E-state index in [1.807, 2.05) is 41.3 Å². The number of hydrogen-bond donors (Lipinski definition) is 4. The van der Waals surface area contributed by atoms with E-state index in [4.69, 9.17) is 21.3 Å². The number of piperidine rings is 1. The van der Waals surface area contributed by atoms with E-state index in [0.717, 1.165) is 33.2 Å². The summed E-state index contributed by atoms with van der Waals surface area (Å²) in [4.78, 5) is 6.78. The van der Waals surface area contributed by atoms with Crippen molar-refractivity contribution in [3.8, 4) is 0 Å². The first-order valence-electron chi connectivity index (χ1n) is 13.4. The Morgan fingerprint density at radius 2 is 1.85 bits per heavy atom. The van der Waals surface area contributed by atoms with Crippen molar-refractivity contribution in [3.05, 3.63) is 71.5 Å². The number of imidazole rings is 1. The first kappa shape index (κ1) is 27.4. The van der Waals surface area contributed by atoms with Gasteiger partial charge in [-0.1, -0.05) is 43.3 Å². The quantitative estimate of drug-likeness (QED) is 0.112. The Balaban J connectivity index is 1.46. The first-order chi connectivity index (χ1) is 19.1. The number of aromatic nitrogens is 2. The van der Waals surface area contributed by atoms with Gasteiger partial charge in [0.05, 0.1) is 27.8 Å². The maximum Gasteiger partial charge on any atom is 0.235 e. The van der Waals surface area contributed by atoms with Gasteiger partial charge >= 0.3 is 0 Å². The van der Waals surface area contributed by atoms with Gasteiger partial charge in [-0.3, -0.25) is 10.1 Å². The van der Waals surface area contributed by atoms with Crippen molar-refractivity contribution in [2.24, 2.45) is 10.9 Å². The molecule has 0 unspecified atom stereocenters. The number of sulfonamides is 1. The van der Waals surface area contributed by atoms with Crippen LogP contribution in [0.4, 0.5) is 5.69 Å². The molecule has 0 bridgehead atoms. The number of amidine groups is 2. The fourth-order valence-corrected chi connectivity index (χ4v) is 6.81. The van der Waals surface area contributed by atoms with Gasteiger partial charge in [0, 0.05) is 31.1 Å². The molecule has 0 radical (unpaired) electrons. The van der Waals surface area contributed by atoms with Gasteiger partial charge in [-0.25, -0.2) is 13.4 Å². The van der Waals surface area contributed by atoms with Gasteiger partial charge in [0.15, 0.2) is 5.84 Å². The smallest absolute Gasteiger partial charge is 0.235 e. The molecule has 210 valence electrons. The number of rotatable bonds is 7. The molecule has 0 spiro atoms. The summed E-state index contributed by atoms with van der Waals surface area (Å²) in [6, 6.07) is 17.3. The predicted octanol–water partition coefficient (Wildman–Crippen LogP) is 4.66. The van der Waals surface area contributed by atoms with Gasteiger partial charge in [0.25, 0.3) is 0 Å². The minimum atomic E-state index is -3.59. The molecule has 5 N–H and O–H groups in total. The Hall–Kier alpha value is -4.12. The van der Waals surface area contributed by atoms with Crippen LogP contribution in [0, 0.1) is 5.41 Å². The maximum atomic E-state index is 13.2. The van der Waals surface area contributed by atoms with Gasteiger partial charge < -0.3 is 20.4 Å². The fourth-order valence-electron chi connectivity index (χ4n) is 5.36. The van der Waals surface area contributed by atoms with Crippen molar-refractivity contribution < 1.29 is 13.6 Å². The second kappa shape index (κ2) is 10.8. The highest BCUT2D eigenvalue weighted by Gasteiger charge is 2.30. The second-order valence-electron chi connectivity index (χ2n) is 10.7. The zero-order valence-electron chi connectivity index (χ0n) is 22.9. The normalized spacial score (nSPS) is 15.3. The van der Waals surface area contributed by atoms with Gasteiger partial charge in [0.1, 0.15) is 5.82 Å². The Labute approximate surface area is 234 Å². The largest absolute Gasteiger partial charge is 0.409 e. The summed E-state index contributed by atoms with van der Waals surface area (Å²) in [5.41, 5.74) is 9.65. The van der Waals surface area contributed by atoms with Crippen molar-refractivity contribution in [2.75, 3.05) is 17.8 Å². The highest BCUT2D eigenvalue weighted by atomic mass is 32.2. The van der Waals surface area contributed by atoms with Gasteiger partial charge in [-0.15, -0.1) is 0 Å². The number of anilines is 1. The first-order valence-corrected chi connectivity index (χ1v) is 14.9. The number of nitrogens with one attached hydrogen (secondary N) is 2. The average molecular weight is 562 g/mol. The lowest BCUT2D eigenvalue weighted by Gasteiger charge is -2.32. The van der Waals surface area contributed by atoms with Crippen molar-refractivity contribution >= 4 is 49.2 Å². The van der Waals surface area contributed by atoms with E-state index >= 15 is 0 Å². The number of likely N-dealkylation sites (tertiary alicyclic amines) is 1. The lowest BCUT2D eigenvalue weighted by atomic mass is 10.0. The zero-order chi connectivity index (χ0) is 28.6. The van der Waals surface area contributed by atoms with E-state index in [1.165, 1.54) is 0 Å². The minimum Gasteiger partial charge on any atom is -0.409 e. The Morgan fingerprint density at radius 3 is 2.52 bits per heavy atom. The monoisotopic (exact) mass is 561 g/mol. The number of nitrogens with two attached hydrogens (primary N) is 1. The van der Waals surface area contributed by atoms with E-state index in [0.29, 0.717) is 49.6 Å². The van der Waals surface area contributed by atoms with Crippen LogP contribution in [0.1, 0.15) is 56.5 Å². The summed E-state index contributed by atoms with van der Waals surface area (Å²) in [5.74, 6) is 1.59. The van der Waals surface area contributed by atoms with Crippen molar-refractivity contribution in [2.45, 2.75) is 51.3 Å². The molecule has 1 fully saturated rings. The number of oxime groups is 1. The van der Waals surface area contributed by atoms with Crippen LogP contribution >= 0.6 is 0 Å². The van der Waals surface area contributed by atoms with Gasteiger partial charge in [-0.2, -0.15) is 0 Å². The molecule has 2 heterocycles. The summed E-state index contributed by atoms with van der Waals surface area (Å²) in [7, 11) is -3.59. The Morgan fingerprint density at radius 1 is 1.12 bits per heavy atom. The molecule has 40 heavy (non-hydrogen) atoms. The van der Waals surface area contributed by atoms with Crippen LogP contribution in [-0.4, -0.2) is 58.1 Å². The third kappa shape index (κ3) is 5.46. The van der Waals surface area contributed by atoms with Crippen LogP contribution < -0.4 is 10.5 Å². The number of fused-ring (bicyclic) bond motifs is 2. The van der Waals surface area contributed by atoms with E-state index in [2.05, 4.69) is 40.4 Å². The molecule has 0 atom stereocenters. The molecule has 1 aliphatic heterocycles. The van der Waals surface area contributed by atoms with E-state index in [-0.39, 0.29) is 11.8 Å². The van der Waals surface area contributed by atoms with Crippen LogP contribution in [0.15, 0.2) is 59.8 Å². The zero-order valence-corrected chi connectivity index (χ0v) is 23.7. The molecule has 1 aromatic heterocycles. The van der Waals surface area contributed by atoms with E-state index in [9.17, 15) is 8.42 Å². The lowest BCUT2D eigenvalue weighted by Crippen LogP contribution is -2.42. The molecule has 5 rings (SSSR count). The van der Waals surface area contributed by atoms with Gasteiger partial charge in [0.2, 0.25) is 10.0 Å². The van der Waals surface area contributed by atoms with E-state index in [1.54, 1.807) is 13.0 Å². The van der Waals surface area contributed by atoms with Crippen LogP contribution in [0.5, 0.6) is 0 Å². The molecule has 0 amide bonds. The summed E-state index contributed by atoms with van der Waals surface area (Å²) in [6.45, 7) is 7.59. The molecular weight excluding hydrogens is 526 g/mol. The van der Waals surface area contributed by atoms with Crippen LogP contribution in [0.3, 0.4) is 0 Å². The maximum absolute atomic E-state index is 13.2. The van der Waals surface area contributed by atoms with Crippen molar-refractivity contribution in [1.29, 1.82) is 5.41 Å². The van der Waals surface area contributed by atoms with Crippen LogP contribution in [0.2, 0.25) is 0 Å². The third-order valence-electron chi connectivity index (χ3n) is 7.56. The molecule has 0 aliphatic carbocycles. The van der Waals surface area contributed by atoms with E-state index < -0.39 is 15.3 Å². The highest BCUT2D eigenvalue weighted by molar-refractivity contribution is 7.93. The molecule has 10 nitrogen and oxygen atoms in total. The number of hydrogen-bond acceptors (Lipinski definition) is 6. The molecule has 11 heteroatoms. The standard InChI is InChI=1S/C29H35N7O3S/c1-18(2)29-32-26-9-8-24(34-40(38,39)25-10-12-35(13-11-25)19(3)30)16-27(26)36(29)17-20-4-5-21-6-7-22(28(31)33-37)15-23(21)14-20/h4-9,14-16,18,25,30,34,37H,10-13,17H2,1-3H3,(H2,31,33).